The lowest BCUT2D eigenvalue weighted by molar-refractivity contribution is 0.601. The van der Waals surface area contributed by atoms with Crippen LogP contribution in [0.15, 0.2) is 28.7 Å². The standard InChI is InChI=1S/C11H8ClNO/c12-9-3-4-11-8(6-9)7-10(14-11)2-1-5-13/h3-4,6-7H,5,13H2. The smallest absolute Gasteiger partial charge is 0.178 e. The molecule has 0 atom stereocenters. The minimum atomic E-state index is 0.331. The van der Waals surface area contributed by atoms with E-state index in [-0.39, 0.29) is 0 Å². The lowest BCUT2D eigenvalue weighted by Crippen LogP contribution is -1.92. The number of rotatable bonds is 0. The van der Waals surface area contributed by atoms with Crippen molar-refractivity contribution in [2.75, 3.05) is 6.54 Å². The molecule has 0 aliphatic heterocycles. The quantitative estimate of drug-likeness (QED) is 0.671. The first kappa shape index (κ1) is 9.14. The Morgan fingerprint density at radius 2 is 2.21 bits per heavy atom. The zero-order valence-electron chi connectivity index (χ0n) is 7.38. The van der Waals surface area contributed by atoms with Gasteiger partial charge in [-0.1, -0.05) is 17.5 Å². The third kappa shape index (κ3) is 1.74. The highest BCUT2D eigenvalue weighted by Crippen LogP contribution is 2.22. The molecule has 70 valence electrons. The summed E-state index contributed by atoms with van der Waals surface area (Å²) in [6, 6.07) is 7.30. The first-order valence-electron chi connectivity index (χ1n) is 4.17. The summed E-state index contributed by atoms with van der Waals surface area (Å²) >= 11 is 5.83. The fourth-order valence-corrected chi connectivity index (χ4v) is 1.39. The minimum Gasteiger partial charge on any atom is -0.448 e. The van der Waals surface area contributed by atoms with E-state index in [1.807, 2.05) is 18.2 Å². The number of hydrogen-bond donors (Lipinski definition) is 1. The van der Waals surface area contributed by atoms with E-state index in [4.69, 9.17) is 21.8 Å². The summed E-state index contributed by atoms with van der Waals surface area (Å²) in [5.74, 6) is 6.18. The van der Waals surface area contributed by atoms with E-state index in [2.05, 4.69) is 11.8 Å². The average molecular weight is 206 g/mol. The zero-order valence-corrected chi connectivity index (χ0v) is 8.14. The molecule has 0 spiro atoms. The highest BCUT2D eigenvalue weighted by Gasteiger charge is 2.01. The fraction of sp³-hybridized carbons (Fsp3) is 0.0909. The summed E-state index contributed by atoms with van der Waals surface area (Å²) in [6.07, 6.45) is 0. The van der Waals surface area contributed by atoms with Gasteiger partial charge in [-0.15, -0.1) is 0 Å². The van der Waals surface area contributed by atoms with E-state index in [0.717, 1.165) is 11.0 Å². The molecule has 0 fully saturated rings. The van der Waals surface area contributed by atoms with E-state index in [1.54, 1.807) is 6.07 Å². The van der Waals surface area contributed by atoms with Crippen LogP contribution in [0.5, 0.6) is 0 Å². The maximum atomic E-state index is 5.83. The normalized spacial score (nSPS) is 9.86. The second-order valence-corrected chi connectivity index (χ2v) is 3.24. The van der Waals surface area contributed by atoms with Gasteiger partial charge in [0, 0.05) is 16.5 Å². The van der Waals surface area contributed by atoms with Crippen molar-refractivity contribution in [1.29, 1.82) is 0 Å². The van der Waals surface area contributed by atoms with Gasteiger partial charge in [0.1, 0.15) is 5.58 Å². The van der Waals surface area contributed by atoms with Gasteiger partial charge in [0.25, 0.3) is 0 Å². The van der Waals surface area contributed by atoms with Crippen LogP contribution in [0, 0.1) is 11.8 Å². The van der Waals surface area contributed by atoms with Crippen molar-refractivity contribution in [3.63, 3.8) is 0 Å². The molecule has 0 aliphatic carbocycles. The van der Waals surface area contributed by atoms with Gasteiger partial charge in [0.15, 0.2) is 5.76 Å². The molecule has 3 heteroatoms. The molecule has 2 nitrogen and oxygen atoms in total. The Labute approximate surface area is 86.6 Å². The van der Waals surface area contributed by atoms with Crippen LogP contribution in [0.4, 0.5) is 0 Å². The maximum Gasteiger partial charge on any atom is 0.178 e. The maximum absolute atomic E-state index is 5.83. The SMILES string of the molecule is NCC#Cc1cc2cc(Cl)ccc2o1. The summed E-state index contributed by atoms with van der Waals surface area (Å²) in [7, 11) is 0. The molecule has 1 heterocycles. The predicted octanol–water partition coefficient (Wildman–Crippen LogP) is 2.40. The molecule has 0 unspecified atom stereocenters. The molecule has 0 saturated heterocycles. The second-order valence-electron chi connectivity index (χ2n) is 2.80. The fourth-order valence-electron chi connectivity index (χ4n) is 1.21. The molecular weight excluding hydrogens is 198 g/mol. The summed E-state index contributed by atoms with van der Waals surface area (Å²) < 4.78 is 5.44. The van der Waals surface area contributed by atoms with Crippen molar-refractivity contribution in [3.8, 4) is 11.8 Å². The van der Waals surface area contributed by atoms with E-state index in [1.165, 1.54) is 0 Å². The van der Waals surface area contributed by atoms with Crippen molar-refractivity contribution in [2.45, 2.75) is 0 Å². The summed E-state index contributed by atoms with van der Waals surface area (Å²) in [4.78, 5) is 0. The summed E-state index contributed by atoms with van der Waals surface area (Å²) in [5.41, 5.74) is 6.05. The number of furan rings is 1. The van der Waals surface area contributed by atoms with Gasteiger partial charge in [-0.2, -0.15) is 0 Å². The van der Waals surface area contributed by atoms with Gasteiger partial charge in [-0.05, 0) is 24.1 Å². The zero-order chi connectivity index (χ0) is 9.97. The lowest BCUT2D eigenvalue weighted by Gasteiger charge is -1.87. The monoisotopic (exact) mass is 205 g/mol. The van der Waals surface area contributed by atoms with Crippen molar-refractivity contribution in [3.05, 3.63) is 35.0 Å². The van der Waals surface area contributed by atoms with Gasteiger partial charge < -0.3 is 10.2 Å². The molecule has 2 N–H and O–H groups in total. The molecule has 0 bridgehead atoms. The Bertz CT molecular complexity index is 519. The third-order valence-electron chi connectivity index (χ3n) is 1.79. The van der Waals surface area contributed by atoms with Crippen molar-refractivity contribution >= 4 is 22.6 Å². The first-order chi connectivity index (χ1) is 6.79. The van der Waals surface area contributed by atoms with Crippen LogP contribution in [-0.4, -0.2) is 6.54 Å². The van der Waals surface area contributed by atoms with Crippen LogP contribution in [-0.2, 0) is 0 Å². The molecule has 2 aromatic rings. The van der Waals surface area contributed by atoms with Gasteiger partial charge in [-0.3, -0.25) is 0 Å². The third-order valence-corrected chi connectivity index (χ3v) is 2.03. The molecule has 14 heavy (non-hydrogen) atoms. The van der Waals surface area contributed by atoms with E-state index >= 15 is 0 Å². The van der Waals surface area contributed by atoms with Crippen LogP contribution in [0.3, 0.4) is 0 Å². The van der Waals surface area contributed by atoms with Gasteiger partial charge in [0.2, 0.25) is 0 Å². The summed E-state index contributed by atoms with van der Waals surface area (Å²) in [6.45, 7) is 0.331. The summed E-state index contributed by atoms with van der Waals surface area (Å²) in [5, 5.41) is 1.65. The Morgan fingerprint density at radius 1 is 1.36 bits per heavy atom. The van der Waals surface area contributed by atoms with E-state index in [9.17, 15) is 0 Å². The van der Waals surface area contributed by atoms with Crippen LogP contribution in [0.25, 0.3) is 11.0 Å². The molecule has 0 amide bonds. The van der Waals surface area contributed by atoms with Crippen LogP contribution in [0.1, 0.15) is 5.76 Å². The average Bonchev–Trinajstić information content (AvgIpc) is 2.56. The Balaban J connectivity index is 2.51. The molecular formula is C11H8ClNO. The van der Waals surface area contributed by atoms with Crippen LogP contribution in [0.2, 0.25) is 5.02 Å². The highest BCUT2D eigenvalue weighted by molar-refractivity contribution is 6.31. The van der Waals surface area contributed by atoms with Crippen molar-refractivity contribution < 1.29 is 4.42 Å². The molecule has 2 rings (SSSR count). The Kier molecular flexibility index (Phi) is 2.45. The van der Waals surface area contributed by atoms with Gasteiger partial charge >= 0.3 is 0 Å². The van der Waals surface area contributed by atoms with Gasteiger partial charge in [0.05, 0.1) is 6.54 Å². The number of nitrogens with two attached hydrogens (primary N) is 1. The predicted molar refractivity (Wildman–Crippen MR) is 57.2 cm³/mol. The van der Waals surface area contributed by atoms with E-state index < -0.39 is 0 Å². The Morgan fingerprint density at radius 3 is 3.00 bits per heavy atom. The van der Waals surface area contributed by atoms with Crippen molar-refractivity contribution in [2.24, 2.45) is 5.73 Å². The van der Waals surface area contributed by atoms with Crippen LogP contribution >= 0.6 is 11.6 Å². The van der Waals surface area contributed by atoms with Crippen molar-refractivity contribution in [1.82, 2.24) is 0 Å². The number of halogens is 1. The molecule has 0 radical (unpaired) electrons. The number of fused-ring (bicyclic) bond motifs is 1. The van der Waals surface area contributed by atoms with Gasteiger partial charge in [-0.25, -0.2) is 0 Å². The molecule has 1 aromatic carbocycles. The highest BCUT2D eigenvalue weighted by atomic mass is 35.5. The van der Waals surface area contributed by atoms with E-state index in [0.29, 0.717) is 17.3 Å². The second kappa shape index (κ2) is 3.75. The largest absolute Gasteiger partial charge is 0.448 e. The first-order valence-corrected chi connectivity index (χ1v) is 4.55. The molecule has 0 aliphatic rings. The Hall–Kier alpha value is -1.43. The number of benzene rings is 1. The topological polar surface area (TPSA) is 39.2 Å². The minimum absolute atomic E-state index is 0.331. The number of hydrogen-bond acceptors (Lipinski definition) is 2. The van der Waals surface area contributed by atoms with Crippen LogP contribution < -0.4 is 5.73 Å². The molecule has 1 aromatic heterocycles. The lowest BCUT2D eigenvalue weighted by atomic mass is 10.2. The molecule has 0 saturated carbocycles.